The van der Waals surface area contributed by atoms with Crippen LogP contribution in [0.1, 0.15) is 31.1 Å². The van der Waals surface area contributed by atoms with Crippen LogP contribution in [0.5, 0.6) is 0 Å². The van der Waals surface area contributed by atoms with Crippen LogP contribution in [0.4, 0.5) is 0 Å². The minimum Gasteiger partial charge on any atom is -0.323 e. The molecule has 2 aromatic rings. The fourth-order valence-electron chi connectivity index (χ4n) is 1.80. The fourth-order valence-corrected chi connectivity index (χ4v) is 1.80. The lowest BCUT2D eigenvalue weighted by molar-refractivity contribution is 0.759. The molecule has 4 nitrogen and oxygen atoms in total. The Kier molecular flexibility index (Phi) is 2.75. The molecule has 1 atom stereocenters. The predicted octanol–water partition coefficient (Wildman–Crippen LogP) is 1.51. The molecular formula is C12H15N3O. The maximum atomic E-state index is 11.6. The van der Waals surface area contributed by atoms with E-state index in [2.05, 4.69) is 17.1 Å². The molecule has 0 aliphatic heterocycles. The van der Waals surface area contributed by atoms with Crippen molar-refractivity contribution in [3.63, 3.8) is 0 Å². The third kappa shape index (κ3) is 1.72. The highest BCUT2D eigenvalue weighted by molar-refractivity contribution is 5.84. The quantitative estimate of drug-likeness (QED) is 0.800. The van der Waals surface area contributed by atoms with Gasteiger partial charge in [-0.15, -0.1) is 0 Å². The molecule has 0 radical (unpaired) electrons. The van der Waals surface area contributed by atoms with Gasteiger partial charge in [-0.2, -0.15) is 5.10 Å². The van der Waals surface area contributed by atoms with Crippen molar-refractivity contribution in [1.82, 2.24) is 10.2 Å². The molecule has 0 fully saturated rings. The Hall–Kier alpha value is -1.68. The van der Waals surface area contributed by atoms with Crippen LogP contribution in [0.25, 0.3) is 10.8 Å². The van der Waals surface area contributed by atoms with E-state index in [1.54, 1.807) is 0 Å². The summed E-state index contributed by atoms with van der Waals surface area (Å²) in [5.41, 5.74) is 7.59. The lowest BCUT2D eigenvalue weighted by atomic mass is 10.0. The largest absolute Gasteiger partial charge is 0.323 e. The van der Waals surface area contributed by atoms with E-state index in [9.17, 15) is 4.79 Å². The predicted molar refractivity (Wildman–Crippen MR) is 64.3 cm³/mol. The van der Waals surface area contributed by atoms with Crippen LogP contribution in [0.15, 0.2) is 23.0 Å². The number of hydrogen-bond donors (Lipinski definition) is 2. The van der Waals surface area contributed by atoms with Crippen LogP contribution in [-0.2, 0) is 6.42 Å². The van der Waals surface area contributed by atoms with Gasteiger partial charge in [0.15, 0.2) is 0 Å². The van der Waals surface area contributed by atoms with E-state index in [-0.39, 0.29) is 11.6 Å². The summed E-state index contributed by atoms with van der Waals surface area (Å²) < 4.78 is 0. The van der Waals surface area contributed by atoms with Gasteiger partial charge in [0.25, 0.3) is 5.56 Å². The molecule has 0 saturated heterocycles. The molecular weight excluding hydrogens is 202 g/mol. The van der Waals surface area contributed by atoms with Gasteiger partial charge in [-0.3, -0.25) is 4.79 Å². The maximum absolute atomic E-state index is 11.6. The first-order valence-electron chi connectivity index (χ1n) is 5.40. The van der Waals surface area contributed by atoms with Gasteiger partial charge in [0, 0.05) is 11.4 Å². The van der Waals surface area contributed by atoms with Crippen molar-refractivity contribution in [2.24, 2.45) is 5.73 Å². The minimum atomic E-state index is -0.188. The number of H-pyrrole nitrogens is 1. The Morgan fingerprint density at radius 3 is 2.81 bits per heavy atom. The van der Waals surface area contributed by atoms with Gasteiger partial charge < -0.3 is 5.73 Å². The average molecular weight is 217 g/mol. The molecule has 1 aromatic heterocycles. The Labute approximate surface area is 93.5 Å². The first-order chi connectivity index (χ1) is 7.63. The van der Waals surface area contributed by atoms with Crippen LogP contribution in [0.3, 0.4) is 0 Å². The summed E-state index contributed by atoms with van der Waals surface area (Å²) in [5.74, 6) is 0. The highest BCUT2D eigenvalue weighted by Crippen LogP contribution is 2.19. The number of aromatic amines is 1. The number of hydrogen-bond acceptors (Lipinski definition) is 3. The van der Waals surface area contributed by atoms with Crippen molar-refractivity contribution in [3.05, 3.63) is 39.8 Å². The van der Waals surface area contributed by atoms with E-state index >= 15 is 0 Å². The normalized spacial score (nSPS) is 12.9. The summed E-state index contributed by atoms with van der Waals surface area (Å²) in [4.78, 5) is 11.6. The highest BCUT2D eigenvalue weighted by atomic mass is 16.1. The maximum Gasteiger partial charge on any atom is 0.272 e. The number of aryl methyl sites for hydroxylation is 1. The van der Waals surface area contributed by atoms with Crippen LogP contribution < -0.4 is 11.3 Å². The van der Waals surface area contributed by atoms with Crippen molar-refractivity contribution in [2.75, 3.05) is 0 Å². The number of rotatable bonds is 2. The first kappa shape index (κ1) is 10.8. The van der Waals surface area contributed by atoms with Gasteiger partial charge in [-0.1, -0.05) is 13.0 Å². The fraction of sp³-hybridized carbons (Fsp3) is 0.333. The average Bonchev–Trinajstić information content (AvgIpc) is 2.28. The molecule has 0 amide bonds. The first-order valence-corrected chi connectivity index (χ1v) is 5.40. The van der Waals surface area contributed by atoms with Crippen molar-refractivity contribution in [3.8, 4) is 0 Å². The molecule has 0 saturated carbocycles. The van der Waals surface area contributed by atoms with Crippen molar-refractivity contribution in [1.29, 1.82) is 0 Å². The third-order valence-electron chi connectivity index (χ3n) is 2.72. The summed E-state index contributed by atoms with van der Waals surface area (Å²) >= 11 is 0. The molecule has 0 aliphatic rings. The second-order valence-electron chi connectivity index (χ2n) is 3.96. The SMILES string of the molecule is CCc1ccc2c(=O)[nH]nc(C(C)N)c2c1. The van der Waals surface area contributed by atoms with Gasteiger partial charge in [0.2, 0.25) is 0 Å². The highest BCUT2D eigenvalue weighted by Gasteiger charge is 2.10. The minimum absolute atomic E-state index is 0.165. The van der Waals surface area contributed by atoms with Crippen LogP contribution in [-0.4, -0.2) is 10.2 Å². The monoisotopic (exact) mass is 217 g/mol. The molecule has 0 bridgehead atoms. The number of nitrogens with one attached hydrogen (secondary N) is 1. The van der Waals surface area contributed by atoms with E-state index in [1.165, 1.54) is 5.56 Å². The van der Waals surface area contributed by atoms with Gasteiger partial charge in [0.05, 0.1) is 11.1 Å². The smallest absolute Gasteiger partial charge is 0.272 e. The van der Waals surface area contributed by atoms with Crippen LogP contribution in [0.2, 0.25) is 0 Å². The lowest BCUT2D eigenvalue weighted by Gasteiger charge is -2.08. The zero-order chi connectivity index (χ0) is 11.7. The zero-order valence-corrected chi connectivity index (χ0v) is 9.45. The van der Waals surface area contributed by atoms with E-state index in [1.807, 2.05) is 25.1 Å². The summed E-state index contributed by atoms with van der Waals surface area (Å²) in [6.45, 7) is 3.94. The number of nitrogens with two attached hydrogens (primary N) is 1. The molecule has 1 unspecified atom stereocenters. The Morgan fingerprint density at radius 2 is 2.19 bits per heavy atom. The standard InChI is InChI=1S/C12H15N3O/c1-3-8-4-5-9-10(6-8)11(7(2)13)14-15-12(9)16/h4-7H,3,13H2,1-2H3,(H,15,16). The molecule has 84 valence electrons. The van der Waals surface area contributed by atoms with Crippen molar-refractivity contribution in [2.45, 2.75) is 26.3 Å². The summed E-state index contributed by atoms with van der Waals surface area (Å²) in [6.07, 6.45) is 0.932. The molecule has 1 heterocycles. The van der Waals surface area contributed by atoms with Crippen LogP contribution >= 0.6 is 0 Å². The Balaban J connectivity index is 2.83. The Bertz CT molecular complexity index is 572. The van der Waals surface area contributed by atoms with Gasteiger partial charge in [-0.25, -0.2) is 5.10 Å². The number of aromatic nitrogens is 2. The van der Waals surface area contributed by atoms with Crippen molar-refractivity contribution >= 4 is 10.8 Å². The number of benzene rings is 1. The zero-order valence-electron chi connectivity index (χ0n) is 9.45. The molecule has 0 aliphatic carbocycles. The van der Waals surface area contributed by atoms with Gasteiger partial charge in [0.1, 0.15) is 0 Å². The topological polar surface area (TPSA) is 71.8 Å². The second-order valence-corrected chi connectivity index (χ2v) is 3.96. The van der Waals surface area contributed by atoms with Gasteiger partial charge >= 0.3 is 0 Å². The summed E-state index contributed by atoms with van der Waals surface area (Å²) in [7, 11) is 0. The summed E-state index contributed by atoms with van der Waals surface area (Å²) in [5, 5.41) is 8.01. The van der Waals surface area contributed by atoms with E-state index in [0.29, 0.717) is 5.39 Å². The molecule has 0 spiro atoms. The molecule has 16 heavy (non-hydrogen) atoms. The van der Waals surface area contributed by atoms with E-state index < -0.39 is 0 Å². The summed E-state index contributed by atoms with van der Waals surface area (Å²) in [6, 6.07) is 5.60. The number of nitrogens with zero attached hydrogens (tertiary/aromatic N) is 1. The molecule has 2 rings (SSSR count). The van der Waals surface area contributed by atoms with Gasteiger partial charge in [-0.05, 0) is 31.0 Å². The molecule has 4 heteroatoms. The van der Waals surface area contributed by atoms with E-state index in [0.717, 1.165) is 17.5 Å². The van der Waals surface area contributed by atoms with E-state index in [4.69, 9.17) is 5.73 Å². The molecule has 3 N–H and O–H groups in total. The second kappa shape index (κ2) is 4.06. The van der Waals surface area contributed by atoms with Crippen molar-refractivity contribution < 1.29 is 0 Å². The lowest BCUT2D eigenvalue weighted by Crippen LogP contribution is -2.16. The number of fused-ring (bicyclic) bond motifs is 1. The third-order valence-corrected chi connectivity index (χ3v) is 2.72. The van der Waals surface area contributed by atoms with Crippen LogP contribution in [0, 0.1) is 0 Å². The Morgan fingerprint density at radius 1 is 1.44 bits per heavy atom. The molecule has 1 aromatic carbocycles.